The first-order valence-corrected chi connectivity index (χ1v) is 6.37. The van der Waals surface area contributed by atoms with Gasteiger partial charge < -0.3 is 0 Å². The van der Waals surface area contributed by atoms with Crippen molar-refractivity contribution in [2.75, 3.05) is 0 Å². The number of rotatable bonds is 4. The maximum absolute atomic E-state index is 12.9. The summed E-state index contributed by atoms with van der Waals surface area (Å²) in [7, 11) is 0. The van der Waals surface area contributed by atoms with Crippen LogP contribution in [0.15, 0.2) is 55.0 Å². The SMILES string of the molecule is O=[N+](Cc1ccc(F)cc1)c1[nH]ncc1-c1ccncc1. The van der Waals surface area contributed by atoms with Gasteiger partial charge in [0.1, 0.15) is 5.82 Å². The highest BCUT2D eigenvalue weighted by Gasteiger charge is 2.21. The van der Waals surface area contributed by atoms with Gasteiger partial charge in [-0.25, -0.2) is 4.39 Å². The molecule has 0 radical (unpaired) electrons. The van der Waals surface area contributed by atoms with E-state index in [1.54, 1.807) is 42.9 Å². The molecule has 0 unspecified atom stereocenters. The average molecular weight is 283 g/mol. The zero-order valence-corrected chi connectivity index (χ0v) is 11.0. The molecule has 0 aliphatic carbocycles. The van der Waals surface area contributed by atoms with Gasteiger partial charge in [0.25, 0.3) is 0 Å². The first-order valence-electron chi connectivity index (χ1n) is 6.37. The third-order valence-electron chi connectivity index (χ3n) is 3.10. The number of nitrogens with zero attached hydrogens (tertiary/aromatic N) is 3. The fraction of sp³-hybridized carbons (Fsp3) is 0.0667. The molecule has 0 bridgehead atoms. The van der Waals surface area contributed by atoms with Gasteiger partial charge in [0.2, 0.25) is 0 Å². The minimum Gasteiger partial charge on any atom is -0.265 e. The molecule has 2 aromatic heterocycles. The lowest BCUT2D eigenvalue weighted by molar-refractivity contribution is -0.483. The number of nitroso groups, excluding NO2 is 1. The van der Waals surface area contributed by atoms with E-state index in [-0.39, 0.29) is 12.4 Å². The van der Waals surface area contributed by atoms with Crippen LogP contribution in [0.3, 0.4) is 0 Å². The maximum atomic E-state index is 12.9. The first kappa shape index (κ1) is 13.1. The molecule has 0 saturated carbocycles. The number of hydrogen-bond donors (Lipinski definition) is 1. The Balaban J connectivity index is 1.86. The number of aromatic nitrogens is 3. The van der Waals surface area contributed by atoms with Gasteiger partial charge in [-0.15, -0.1) is 5.10 Å². The van der Waals surface area contributed by atoms with Crippen LogP contribution in [0.5, 0.6) is 0 Å². The Morgan fingerprint density at radius 1 is 1.10 bits per heavy atom. The molecule has 21 heavy (non-hydrogen) atoms. The molecule has 0 spiro atoms. The predicted molar refractivity (Wildman–Crippen MR) is 75.2 cm³/mol. The molecular formula is C15H12FN4O+. The van der Waals surface area contributed by atoms with Crippen LogP contribution in [-0.4, -0.2) is 19.9 Å². The molecule has 6 heteroatoms. The van der Waals surface area contributed by atoms with Crippen molar-refractivity contribution in [3.05, 3.63) is 71.3 Å². The smallest absolute Gasteiger partial charge is 0.265 e. The van der Waals surface area contributed by atoms with Crippen molar-refractivity contribution < 1.29 is 9.15 Å². The molecule has 3 aromatic rings. The van der Waals surface area contributed by atoms with E-state index in [1.165, 1.54) is 12.1 Å². The molecule has 1 aromatic carbocycles. The Kier molecular flexibility index (Phi) is 3.51. The maximum Gasteiger partial charge on any atom is 0.348 e. The van der Waals surface area contributed by atoms with Crippen molar-refractivity contribution in [3.8, 4) is 11.1 Å². The Morgan fingerprint density at radius 3 is 2.52 bits per heavy atom. The van der Waals surface area contributed by atoms with Gasteiger partial charge >= 0.3 is 5.82 Å². The number of aromatic amines is 1. The summed E-state index contributed by atoms with van der Waals surface area (Å²) in [6.45, 7) is 0.112. The highest BCUT2D eigenvalue weighted by atomic mass is 19.1. The minimum absolute atomic E-state index is 0.112. The quantitative estimate of drug-likeness (QED) is 0.748. The second-order valence-corrected chi connectivity index (χ2v) is 4.53. The van der Waals surface area contributed by atoms with Gasteiger partial charge in [-0.2, -0.15) is 0 Å². The normalized spacial score (nSPS) is 10.5. The van der Waals surface area contributed by atoms with Gasteiger partial charge in [0.05, 0.1) is 11.8 Å². The van der Waals surface area contributed by atoms with E-state index in [0.717, 1.165) is 15.9 Å². The molecule has 3 rings (SSSR count). The van der Waals surface area contributed by atoms with E-state index in [4.69, 9.17) is 0 Å². The van der Waals surface area contributed by atoms with Crippen molar-refractivity contribution in [3.63, 3.8) is 0 Å². The molecule has 0 aliphatic rings. The molecule has 0 saturated heterocycles. The average Bonchev–Trinajstić information content (AvgIpc) is 3.00. The number of benzene rings is 1. The monoisotopic (exact) mass is 283 g/mol. The van der Waals surface area contributed by atoms with Gasteiger partial charge in [-0.05, 0) is 40.2 Å². The van der Waals surface area contributed by atoms with Gasteiger partial charge in [0, 0.05) is 12.4 Å². The third kappa shape index (κ3) is 2.84. The van der Waals surface area contributed by atoms with Crippen LogP contribution in [0.2, 0.25) is 0 Å². The van der Waals surface area contributed by atoms with E-state index in [1.807, 2.05) is 0 Å². The molecule has 5 nitrogen and oxygen atoms in total. The van der Waals surface area contributed by atoms with Gasteiger partial charge in [-0.3, -0.25) is 4.98 Å². The summed E-state index contributed by atoms with van der Waals surface area (Å²) in [5, 5.41) is 6.63. The summed E-state index contributed by atoms with van der Waals surface area (Å²) in [5.41, 5.74) is 2.28. The van der Waals surface area contributed by atoms with Crippen molar-refractivity contribution >= 4 is 5.82 Å². The predicted octanol–water partition coefficient (Wildman–Crippen LogP) is 3.22. The zero-order chi connectivity index (χ0) is 14.7. The summed E-state index contributed by atoms with van der Waals surface area (Å²) in [6.07, 6.45) is 4.91. The van der Waals surface area contributed by atoms with Crippen LogP contribution in [0.25, 0.3) is 11.1 Å². The largest absolute Gasteiger partial charge is 0.348 e. The fourth-order valence-electron chi connectivity index (χ4n) is 2.05. The summed E-state index contributed by atoms with van der Waals surface area (Å²) in [5.74, 6) is 0.0424. The highest BCUT2D eigenvalue weighted by molar-refractivity contribution is 5.69. The number of nitrogens with one attached hydrogen (secondary N) is 1. The number of halogens is 1. The van der Waals surface area contributed by atoms with Crippen molar-refractivity contribution in [1.82, 2.24) is 15.2 Å². The molecular weight excluding hydrogens is 271 g/mol. The first-order chi connectivity index (χ1) is 10.2. The van der Waals surface area contributed by atoms with E-state index in [2.05, 4.69) is 15.2 Å². The molecule has 2 heterocycles. The topological polar surface area (TPSA) is 61.6 Å². The van der Waals surface area contributed by atoms with Crippen LogP contribution in [0.1, 0.15) is 5.56 Å². The standard InChI is InChI=1S/C15H12FN4O/c16-13-3-1-11(2-4-13)10-20(21)15-14(9-18-19-15)12-5-7-17-8-6-12/h1-9H,10H2,(H,18,19)/q+1. The second-order valence-electron chi connectivity index (χ2n) is 4.53. The molecule has 0 fully saturated rings. The van der Waals surface area contributed by atoms with Crippen molar-refractivity contribution in [2.45, 2.75) is 6.54 Å². The minimum atomic E-state index is -0.324. The summed E-state index contributed by atoms with van der Waals surface area (Å²) < 4.78 is 13.7. The molecule has 1 N–H and O–H groups in total. The zero-order valence-electron chi connectivity index (χ0n) is 11.0. The summed E-state index contributed by atoms with van der Waals surface area (Å²) in [4.78, 5) is 16.2. The van der Waals surface area contributed by atoms with Crippen LogP contribution < -0.4 is 0 Å². The third-order valence-corrected chi connectivity index (χ3v) is 3.10. The van der Waals surface area contributed by atoms with Crippen molar-refractivity contribution in [2.24, 2.45) is 0 Å². The van der Waals surface area contributed by atoms with E-state index >= 15 is 0 Å². The number of pyridine rings is 1. The van der Waals surface area contributed by atoms with Gasteiger partial charge in [-0.1, -0.05) is 22.1 Å². The molecule has 104 valence electrons. The highest BCUT2D eigenvalue weighted by Crippen LogP contribution is 2.27. The second kappa shape index (κ2) is 5.62. The van der Waals surface area contributed by atoms with Crippen LogP contribution in [0.4, 0.5) is 10.2 Å². The number of hydrogen-bond acceptors (Lipinski definition) is 3. The van der Waals surface area contributed by atoms with Crippen LogP contribution in [-0.2, 0) is 6.54 Å². The van der Waals surface area contributed by atoms with E-state index in [9.17, 15) is 9.30 Å². The van der Waals surface area contributed by atoms with Crippen molar-refractivity contribution in [1.29, 1.82) is 0 Å². The van der Waals surface area contributed by atoms with Crippen LogP contribution in [0, 0.1) is 10.7 Å². The Bertz CT molecular complexity index is 753. The summed E-state index contributed by atoms with van der Waals surface area (Å²) >= 11 is 0. The summed E-state index contributed by atoms with van der Waals surface area (Å²) in [6, 6.07) is 9.45. The van der Waals surface area contributed by atoms with E-state index < -0.39 is 0 Å². The van der Waals surface area contributed by atoms with Crippen LogP contribution >= 0.6 is 0 Å². The molecule has 0 amide bonds. The molecule has 0 aliphatic heterocycles. The van der Waals surface area contributed by atoms with Gasteiger partial charge in [0.15, 0.2) is 6.54 Å². The lowest BCUT2D eigenvalue weighted by Crippen LogP contribution is -2.03. The Hall–Kier alpha value is -2.89. The molecule has 0 atom stereocenters. The lowest BCUT2D eigenvalue weighted by Gasteiger charge is -1.99. The Morgan fingerprint density at radius 2 is 1.81 bits per heavy atom. The van der Waals surface area contributed by atoms with E-state index in [0.29, 0.717) is 11.4 Å². The fourth-order valence-corrected chi connectivity index (χ4v) is 2.05. The Labute approximate surface area is 120 Å². The lowest BCUT2D eigenvalue weighted by atomic mass is 10.1. The number of H-pyrrole nitrogens is 1.